The second kappa shape index (κ2) is 5.77. The van der Waals surface area contributed by atoms with Gasteiger partial charge in [0, 0.05) is 36.4 Å². The fraction of sp³-hybridized carbons (Fsp3) is 0.467. The largest absolute Gasteiger partial charge is 0.366 e. The molecule has 18 heavy (non-hydrogen) atoms. The van der Waals surface area contributed by atoms with Gasteiger partial charge in [0.05, 0.1) is 0 Å². The molecule has 1 aliphatic rings. The summed E-state index contributed by atoms with van der Waals surface area (Å²) >= 11 is 5.67. The van der Waals surface area contributed by atoms with Crippen LogP contribution in [0, 0.1) is 0 Å². The van der Waals surface area contributed by atoms with E-state index >= 15 is 0 Å². The Morgan fingerprint density at radius 2 is 2.22 bits per heavy atom. The van der Waals surface area contributed by atoms with Crippen molar-refractivity contribution in [3.8, 4) is 0 Å². The van der Waals surface area contributed by atoms with E-state index in [2.05, 4.69) is 48.3 Å². The highest BCUT2D eigenvalue weighted by Crippen LogP contribution is 2.27. The van der Waals surface area contributed by atoms with Crippen LogP contribution in [0.1, 0.15) is 25.8 Å². The van der Waals surface area contributed by atoms with Crippen LogP contribution in [0.4, 0.5) is 5.69 Å². The molecule has 1 N–H and O–H groups in total. The SMILES string of the molecule is CCC1(C)CN(C/C=C/Cl)c2ccccc2CN1. The molecule has 2 nitrogen and oxygen atoms in total. The highest BCUT2D eigenvalue weighted by Gasteiger charge is 2.28. The Kier molecular flexibility index (Phi) is 4.31. The summed E-state index contributed by atoms with van der Waals surface area (Å²) in [6.07, 6.45) is 3.11. The number of hydrogen-bond donors (Lipinski definition) is 1. The van der Waals surface area contributed by atoms with Crippen LogP contribution in [0.5, 0.6) is 0 Å². The number of anilines is 1. The van der Waals surface area contributed by atoms with Gasteiger partial charge in [-0.2, -0.15) is 0 Å². The molecule has 98 valence electrons. The minimum atomic E-state index is 0.152. The van der Waals surface area contributed by atoms with E-state index < -0.39 is 0 Å². The summed E-state index contributed by atoms with van der Waals surface area (Å²) in [5.74, 6) is 0. The third kappa shape index (κ3) is 2.88. The van der Waals surface area contributed by atoms with Crippen molar-refractivity contribution in [2.45, 2.75) is 32.4 Å². The van der Waals surface area contributed by atoms with Crippen LogP contribution in [0.3, 0.4) is 0 Å². The predicted octanol–water partition coefficient (Wildman–Crippen LogP) is 3.52. The topological polar surface area (TPSA) is 15.3 Å². The van der Waals surface area contributed by atoms with Crippen LogP contribution in [0.15, 0.2) is 35.9 Å². The molecule has 1 aromatic rings. The maximum absolute atomic E-state index is 5.67. The minimum Gasteiger partial charge on any atom is -0.366 e. The van der Waals surface area contributed by atoms with Crippen molar-refractivity contribution in [1.82, 2.24) is 5.32 Å². The molecule has 3 heteroatoms. The Morgan fingerprint density at radius 3 is 2.94 bits per heavy atom. The van der Waals surface area contributed by atoms with Crippen molar-refractivity contribution < 1.29 is 0 Å². The first-order valence-electron chi connectivity index (χ1n) is 6.51. The van der Waals surface area contributed by atoms with Gasteiger partial charge in [-0.25, -0.2) is 0 Å². The van der Waals surface area contributed by atoms with Gasteiger partial charge in [0.2, 0.25) is 0 Å². The van der Waals surface area contributed by atoms with Gasteiger partial charge < -0.3 is 10.2 Å². The lowest BCUT2D eigenvalue weighted by Crippen LogP contribution is -2.48. The van der Waals surface area contributed by atoms with Crippen LogP contribution in [-0.4, -0.2) is 18.6 Å². The van der Waals surface area contributed by atoms with E-state index in [9.17, 15) is 0 Å². The maximum atomic E-state index is 5.67. The lowest BCUT2D eigenvalue weighted by molar-refractivity contribution is 0.351. The van der Waals surface area contributed by atoms with Crippen LogP contribution in [-0.2, 0) is 6.54 Å². The standard InChI is InChI=1S/C15H21ClN2/c1-3-15(2)12-18(10-6-9-16)14-8-5-4-7-13(14)11-17-15/h4-9,17H,3,10-12H2,1-2H3/b9-6+. The van der Waals surface area contributed by atoms with E-state index in [0.717, 1.165) is 26.1 Å². The predicted molar refractivity (Wildman–Crippen MR) is 79.2 cm³/mol. The number of para-hydroxylation sites is 1. The second-order valence-corrected chi connectivity index (χ2v) is 5.39. The highest BCUT2D eigenvalue weighted by atomic mass is 35.5. The van der Waals surface area contributed by atoms with E-state index in [-0.39, 0.29) is 5.54 Å². The smallest absolute Gasteiger partial charge is 0.0415 e. The van der Waals surface area contributed by atoms with Gasteiger partial charge in [0.25, 0.3) is 0 Å². The monoisotopic (exact) mass is 264 g/mol. The third-order valence-electron chi connectivity index (χ3n) is 3.77. The number of benzene rings is 1. The summed E-state index contributed by atoms with van der Waals surface area (Å²) < 4.78 is 0. The number of nitrogens with one attached hydrogen (secondary N) is 1. The Bertz CT molecular complexity index is 430. The van der Waals surface area contributed by atoms with Crippen LogP contribution >= 0.6 is 11.6 Å². The van der Waals surface area contributed by atoms with Gasteiger partial charge >= 0.3 is 0 Å². The quantitative estimate of drug-likeness (QED) is 0.899. The number of fused-ring (bicyclic) bond motifs is 1. The molecule has 1 aromatic carbocycles. The molecule has 1 unspecified atom stereocenters. The Morgan fingerprint density at radius 1 is 1.44 bits per heavy atom. The molecular formula is C15H21ClN2. The van der Waals surface area contributed by atoms with Crippen molar-refractivity contribution in [2.75, 3.05) is 18.0 Å². The first-order chi connectivity index (χ1) is 8.68. The van der Waals surface area contributed by atoms with E-state index in [0.29, 0.717) is 0 Å². The lowest BCUT2D eigenvalue weighted by atomic mass is 9.98. The Balaban J connectivity index is 2.32. The van der Waals surface area contributed by atoms with Crippen LogP contribution in [0.2, 0.25) is 0 Å². The van der Waals surface area contributed by atoms with Gasteiger partial charge in [-0.1, -0.05) is 42.8 Å². The van der Waals surface area contributed by atoms with Crippen molar-refractivity contribution in [2.24, 2.45) is 0 Å². The molecule has 0 spiro atoms. The average Bonchev–Trinajstić information content (AvgIpc) is 2.55. The fourth-order valence-corrected chi connectivity index (χ4v) is 2.49. The molecule has 1 heterocycles. The zero-order valence-electron chi connectivity index (χ0n) is 11.1. The van der Waals surface area contributed by atoms with E-state index in [1.807, 2.05) is 6.08 Å². The molecule has 0 saturated heterocycles. The summed E-state index contributed by atoms with van der Waals surface area (Å²) in [4.78, 5) is 2.40. The number of nitrogens with zero attached hydrogens (tertiary/aromatic N) is 1. The van der Waals surface area contributed by atoms with Gasteiger partial charge in [-0.05, 0) is 25.0 Å². The summed E-state index contributed by atoms with van der Waals surface area (Å²) in [5.41, 5.74) is 4.43. The fourth-order valence-electron chi connectivity index (χ4n) is 2.41. The maximum Gasteiger partial charge on any atom is 0.0415 e. The van der Waals surface area contributed by atoms with Crippen molar-refractivity contribution in [3.63, 3.8) is 0 Å². The molecule has 0 aliphatic carbocycles. The molecule has 0 fully saturated rings. The lowest BCUT2D eigenvalue weighted by Gasteiger charge is -2.33. The molecule has 2 rings (SSSR count). The molecule has 0 aromatic heterocycles. The molecule has 0 bridgehead atoms. The molecule has 0 saturated carbocycles. The molecule has 0 radical (unpaired) electrons. The van der Waals surface area contributed by atoms with Crippen molar-refractivity contribution in [3.05, 3.63) is 41.4 Å². The minimum absolute atomic E-state index is 0.152. The zero-order chi connectivity index (χ0) is 13.0. The summed E-state index contributed by atoms with van der Waals surface area (Å²) in [7, 11) is 0. The van der Waals surface area contributed by atoms with Crippen molar-refractivity contribution in [1.29, 1.82) is 0 Å². The zero-order valence-corrected chi connectivity index (χ0v) is 11.9. The van der Waals surface area contributed by atoms with Crippen molar-refractivity contribution >= 4 is 17.3 Å². The Labute approximate surface area is 115 Å². The molecular weight excluding hydrogens is 244 g/mol. The molecule has 1 atom stereocenters. The number of hydrogen-bond acceptors (Lipinski definition) is 2. The van der Waals surface area contributed by atoms with E-state index in [1.165, 1.54) is 11.3 Å². The Hall–Kier alpha value is -0.990. The normalized spacial score (nSPS) is 24.1. The number of rotatable bonds is 3. The summed E-state index contributed by atoms with van der Waals surface area (Å²) in [6.45, 7) is 7.32. The van der Waals surface area contributed by atoms with Crippen LogP contribution < -0.4 is 10.2 Å². The summed E-state index contributed by atoms with van der Waals surface area (Å²) in [6, 6.07) is 8.59. The highest BCUT2D eigenvalue weighted by molar-refractivity contribution is 6.25. The van der Waals surface area contributed by atoms with Gasteiger partial charge in [0.1, 0.15) is 0 Å². The van der Waals surface area contributed by atoms with Gasteiger partial charge in [-0.15, -0.1) is 0 Å². The van der Waals surface area contributed by atoms with Gasteiger partial charge in [0.15, 0.2) is 0 Å². The molecule has 0 amide bonds. The van der Waals surface area contributed by atoms with Crippen LogP contribution in [0.25, 0.3) is 0 Å². The molecule has 1 aliphatic heterocycles. The second-order valence-electron chi connectivity index (χ2n) is 5.14. The average molecular weight is 265 g/mol. The summed E-state index contributed by atoms with van der Waals surface area (Å²) in [5, 5.41) is 3.67. The first-order valence-corrected chi connectivity index (χ1v) is 6.95. The van der Waals surface area contributed by atoms with E-state index in [1.54, 1.807) is 5.54 Å². The number of halogens is 1. The van der Waals surface area contributed by atoms with E-state index in [4.69, 9.17) is 11.6 Å². The third-order valence-corrected chi connectivity index (χ3v) is 3.95. The first kappa shape index (κ1) is 13.4. The van der Waals surface area contributed by atoms with Gasteiger partial charge in [-0.3, -0.25) is 0 Å².